The number of carbonyl (C=O) groups excluding carboxylic acids is 1. The molecule has 3 nitrogen and oxygen atoms in total. The van der Waals surface area contributed by atoms with Crippen molar-refractivity contribution >= 4 is 34.9 Å². The summed E-state index contributed by atoms with van der Waals surface area (Å²) in [6.07, 6.45) is 0. The predicted molar refractivity (Wildman–Crippen MR) is 92.9 cm³/mol. The maximum atomic E-state index is 12.1. The molecule has 0 spiro atoms. The molecule has 0 saturated carbocycles. The molecule has 0 fully saturated rings. The van der Waals surface area contributed by atoms with Crippen molar-refractivity contribution in [3.8, 4) is 0 Å². The van der Waals surface area contributed by atoms with Crippen molar-refractivity contribution in [3.05, 3.63) is 63.1 Å². The predicted octanol–water partition coefficient (Wildman–Crippen LogP) is 5.49. The van der Waals surface area contributed by atoms with Crippen LogP contribution in [0.25, 0.3) is 0 Å². The van der Waals surface area contributed by atoms with E-state index in [9.17, 15) is 4.79 Å². The fourth-order valence-electron chi connectivity index (χ4n) is 2.16. The zero-order chi connectivity index (χ0) is 16.3. The lowest BCUT2D eigenvalue weighted by molar-refractivity contribution is 0.249. The van der Waals surface area contributed by atoms with Crippen LogP contribution in [0.2, 0.25) is 10.0 Å². The van der Waals surface area contributed by atoms with Crippen LogP contribution in [0.5, 0.6) is 0 Å². The minimum atomic E-state index is -0.271. The molecule has 1 atom stereocenters. The average molecular weight is 337 g/mol. The molecule has 22 heavy (non-hydrogen) atoms. The van der Waals surface area contributed by atoms with Gasteiger partial charge in [-0.25, -0.2) is 4.79 Å². The molecule has 1 unspecified atom stereocenters. The van der Waals surface area contributed by atoms with Crippen molar-refractivity contribution in [2.45, 2.75) is 26.8 Å². The third-order valence-electron chi connectivity index (χ3n) is 3.42. The van der Waals surface area contributed by atoms with Crippen molar-refractivity contribution in [1.29, 1.82) is 0 Å². The largest absolute Gasteiger partial charge is 0.331 e. The Bertz CT molecular complexity index is 701. The summed E-state index contributed by atoms with van der Waals surface area (Å²) in [5.41, 5.74) is 3.72. The Morgan fingerprint density at radius 2 is 1.82 bits per heavy atom. The molecule has 2 amide bonds. The number of aryl methyl sites for hydroxylation is 2. The minimum absolute atomic E-state index is 0.227. The van der Waals surface area contributed by atoms with Crippen LogP contribution in [-0.2, 0) is 0 Å². The van der Waals surface area contributed by atoms with E-state index in [0.29, 0.717) is 10.0 Å². The van der Waals surface area contributed by atoms with Gasteiger partial charge in [-0.05, 0) is 55.7 Å². The number of hydrogen-bond donors (Lipinski definition) is 2. The Morgan fingerprint density at radius 1 is 1.09 bits per heavy atom. The van der Waals surface area contributed by atoms with Crippen molar-refractivity contribution in [1.82, 2.24) is 5.32 Å². The molecule has 2 N–H and O–H groups in total. The quantitative estimate of drug-likeness (QED) is 0.764. The highest BCUT2D eigenvalue weighted by Crippen LogP contribution is 2.26. The molecule has 0 saturated heterocycles. The molecular formula is C17H18Cl2N2O. The van der Waals surface area contributed by atoms with Crippen LogP contribution in [-0.4, -0.2) is 6.03 Å². The van der Waals surface area contributed by atoms with Crippen molar-refractivity contribution in [2.75, 3.05) is 5.32 Å². The molecule has 0 heterocycles. The van der Waals surface area contributed by atoms with Gasteiger partial charge in [0, 0.05) is 15.7 Å². The van der Waals surface area contributed by atoms with E-state index in [-0.39, 0.29) is 12.1 Å². The maximum absolute atomic E-state index is 12.1. The highest BCUT2D eigenvalue weighted by atomic mass is 35.5. The Labute approximate surface area is 140 Å². The summed E-state index contributed by atoms with van der Waals surface area (Å²) in [6.45, 7) is 5.81. The average Bonchev–Trinajstić information content (AvgIpc) is 2.42. The van der Waals surface area contributed by atoms with Gasteiger partial charge in [0.05, 0.1) is 6.04 Å². The molecule has 0 aromatic heterocycles. The number of rotatable bonds is 3. The Kier molecular flexibility index (Phi) is 5.33. The van der Waals surface area contributed by atoms with E-state index in [1.54, 1.807) is 12.1 Å². The van der Waals surface area contributed by atoms with E-state index in [2.05, 4.69) is 10.6 Å². The molecule has 2 aromatic carbocycles. The molecule has 0 aliphatic heterocycles. The Morgan fingerprint density at radius 3 is 2.50 bits per heavy atom. The second-order valence-electron chi connectivity index (χ2n) is 5.30. The van der Waals surface area contributed by atoms with E-state index >= 15 is 0 Å². The number of hydrogen-bond acceptors (Lipinski definition) is 1. The van der Waals surface area contributed by atoms with Gasteiger partial charge in [-0.2, -0.15) is 0 Å². The molecule has 0 aliphatic carbocycles. The first-order valence-corrected chi connectivity index (χ1v) is 7.72. The van der Waals surface area contributed by atoms with Gasteiger partial charge in [0.2, 0.25) is 0 Å². The SMILES string of the molecule is Cc1ccc(C)c(NC(=O)NC(C)c2ccc(Cl)cc2Cl)c1. The highest BCUT2D eigenvalue weighted by molar-refractivity contribution is 6.35. The van der Waals surface area contributed by atoms with Crippen molar-refractivity contribution < 1.29 is 4.79 Å². The fraction of sp³-hybridized carbons (Fsp3) is 0.235. The first-order chi connectivity index (χ1) is 10.4. The number of carbonyl (C=O) groups is 1. The minimum Gasteiger partial charge on any atom is -0.331 e. The maximum Gasteiger partial charge on any atom is 0.319 e. The van der Waals surface area contributed by atoms with E-state index in [1.165, 1.54) is 0 Å². The second kappa shape index (κ2) is 7.03. The molecule has 0 aliphatic rings. The van der Waals surface area contributed by atoms with E-state index < -0.39 is 0 Å². The normalized spacial score (nSPS) is 11.9. The monoisotopic (exact) mass is 336 g/mol. The van der Waals surface area contributed by atoms with Crippen LogP contribution in [0.15, 0.2) is 36.4 Å². The van der Waals surface area contributed by atoms with E-state index in [0.717, 1.165) is 22.4 Å². The van der Waals surface area contributed by atoms with Gasteiger partial charge in [0.25, 0.3) is 0 Å². The summed E-state index contributed by atoms with van der Waals surface area (Å²) in [5, 5.41) is 6.84. The number of urea groups is 1. The van der Waals surface area contributed by atoms with Crippen LogP contribution in [0, 0.1) is 13.8 Å². The molecule has 2 rings (SSSR count). The zero-order valence-electron chi connectivity index (χ0n) is 12.7. The summed E-state index contributed by atoms with van der Waals surface area (Å²) in [7, 11) is 0. The summed E-state index contributed by atoms with van der Waals surface area (Å²) >= 11 is 12.0. The summed E-state index contributed by atoms with van der Waals surface area (Å²) < 4.78 is 0. The Balaban J connectivity index is 2.06. The fourth-order valence-corrected chi connectivity index (χ4v) is 2.73. The summed E-state index contributed by atoms with van der Waals surface area (Å²) in [4.78, 5) is 12.1. The van der Waals surface area contributed by atoms with E-state index in [1.807, 2.05) is 45.0 Å². The second-order valence-corrected chi connectivity index (χ2v) is 6.15. The van der Waals surface area contributed by atoms with Gasteiger partial charge in [0.1, 0.15) is 0 Å². The van der Waals surface area contributed by atoms with Crippen molar-refractivity contribution in [2.24, 2.45) is 0 Å². The van der Waals surface area contributed by atoms with Crippen LogP contribution in [0.3, 0.4) is 0 Å². The third-order valence-corrected chi connectivity index (χ3v) is 3.98. The Hall–Kier alpha value is -1.71. The van der Waals surface area contributed by atoms with Gasteiger partial charge in [-0.1, -0.05) is 41.4 Å². The molecule has 5 heteroatoms. The number of amides is 2. The number of nitrogens with one attached hydrogen (secondary N) is 2. The summed E-state index contributed by atoms with van der Waals surface area (Å²) in [5.74, 6) is 0. The molecule has 0 bridgehead atoms. The molecule has 2 aromatic rings. The standard InChI is InChI=1S/C17H18Cl2N2O/c1-10-4-5-11(2)16(8-10)21-17(22)20-12(3)14-7-6-13(18)9-15(14)19/h4-9,12H,1-3H3,(H2,20,21,22). The van der Waals surface area contributed by atoms with Gasteiger partial charge in [-0.3, -0.25) is 0 Å². The smallest absolute Gasteiger partial charge is 0.319 e. The topological polar surface area (TPSA) is 41.1 Å². The molecule has 116 valence electrons. The van der Waals surface area contributed by atoms with Gasteiger partial charge in [0.15, 0.2) is 0 Å². The lowest BCUT2D eigenvalue weighted by atomic mass is 10.1. The number of halogens is 2. The lowest BCUT2D eigenvalue weighted by Crippen LogP contribution is -2.31. The third kappa shape index (κ3) is 4.15. The highest BCUT2D eigenvalue weighted by Gasteiger charge is 2.13. The van der Waals surface area contributed by atoms with Crippen LogP contribution >= 0.6 is 23.2 Å². The van der Waals surface area contributed by atoms with Crippen LogP contribution < -0.4 is 10.6 Å². The lowest BCUT2D eigenvalue weighted by Gasteiger charge is -2.17. The zero-order valence-corrected chi connectivity index (χ0v) is 14.2. The van der Waals surface area contributed by atoms with E-state index in [4.69, 9.17) is 23.2 Å². The first-order valence-electron chi connectivity index (χ1n) is 6.96. The van der Waals surface area contributed by atoms with Crippen LogP contribution in [0.4, 0.5) is 10.5 Å². The van der Waals surface area contributed by atoms with Gasteiger partial charge in [-0.15, -0.1) is 0 Å². The van der Waals surface area contributed by atoms with Crippen LogP contribution in [0.1, 0.15) is 29.7 Å². The number of anilines is 1. The molecular weight excluding hydrogens is 319 g/mol. The van der Waals surface area contributed by atoms with Crippen molar-refractivity contribution in [3.63, 3.8) is 0 Å². The van der Waals surface area contributed by atoms with Gasteiger partial charge >= 0.3 is 6.03 Å². The number of benzene rings is 2. The molecule has 0 radical (unpaired) electrons. The summed E-state index contributed by atoms with van der Waals surface area (Å²) in [6, 6.07) is 10.7. The van der Waals surface area contributed by atoms with Gasteiger partial charge < -0.3 is 10.6 Å². The first kappa shape index (κ1) is 16.7.